The molecule has 5 heteroatoms. The molecule has 1 aromatic heterocycles. The van der Waals surface area contributed by atoms with Crippen molar-refractivity contribution < 1.29 is 7.87 Å². The van der Waals surface area contributed by atoms with Crippen LogP contribution < -0.4 is 5.56 Å². The summed E-state index contributed by atoms with van der Waals surface area (Å²) in [6.45, 7) is 0. The fraction of sp³-hybridized carbons (Fsp3) is 0.750. The number of hydrogen-bond acceptors (Lipinski definition) is 3. The molecule has 1 aromatic rings. The van der Waals surface area contributed by atoms with Gasteiger partial charge < -0.3 is 0 Å². The molecule has 0 unspecified atom stereocenters. The Morgan fingerprint density at radius 1 is 0.793 bits per heavy atom. The van der Waals surface area contributed by atoms with E-state index in [1.807, 2.05) is 0 Å². The molecule has 3 fully saturated rings. The average molecular weight is 506 g/mol. The van der Waals surface area contributed by atoms with Gasteiger partial charge in [-0.2, -0.15) is 0 Å². The van der Waals surface area contributed by atoms with Crippen LogP contribution in [0, 0.1) is 0 Å². The Labute approximate surface area is 179 Å². The molecular weight excluding hydrogens is 469 g/mol. The first kappa shape index (κ1) is 21.5. The van der Waals surface area contributed by atoms with Crippen LogP contribution >= 0.6 is 0 Å². The third-order valence-electron chi connectivity index (χ3n) is 8.04. The Morgan fingerprint density at radius 2 is 1.24 bits per heavy atom. The van der Waals surface area contributed by atoms with Crippen LogP contribution in [0.3, 0.4) is 0 Å². The normalized spacial score (nSPS) is 23.0. The Hall–Kier alpha value is -0.781. The number of rotatable bonds is 5. The second-order valence-electron chi connectivity index (χ2n) is 9.66. The molecule has 0 aromatic carbocycles. The molecule has 0 bridgehead atoms. The van der Waals surface area contributed by atoms with Crippen molar-refractivity contribution in [3.05, 3.63) is 34.2 Å². The summed E-state index contributed by atoms with van der Waals surface area (Å²) in [5.74, 6) is -0.302. The van der Waals surface area contributed by atoms with Crippen molar-refractivity contribution in [2.45, 2.75) is 108 Å². The van der Waals surface area contributed by atoms with Gasteiger partial charge in [0, 0.05) is 0 Å². The quantitative estimate of drug-likeness (QED) is 0.466. The van der Waals surface area contributed by atoms with Gasteiger partial charge in [-0.05, 0) is 0 Å². The number of aromatic amines is 1. The molecule has 4 rings (SSSR count). The Balaban J connectivity index is 1.73. The van der Waals surface area contributed by atoms with Gasteiger partial charge in [-0.25, -0.2) is 0 Å². The average Bonchev–Trinajstić information content (AvgIpc) is 2.79. The van der Waals surface area contributed by atoms with Gasteiger partial charge in [-0.3, -0.25) is 0 Å². The Bertz CT molecular complexity index is 682. The summed E-state index contributed by atoms with van der Waals surface area (Å²) in [5.41, 5.74) is -0.0791. The first-order chi connectivity index (χ1) is 14.2. The number of carbonyl (C=O) groups excluding carboxylic acids is 1. The van der Waals surface area contributed by atoms with Gasteiger partial charge in [0.1, 0.15) is 0 Å². The maximum atomic E-state index is 13.4. The fourth-order valence-corrected chi connectivity index (χ4v) is 26.3. The molecule has 29 heavy (non-hydrogen) atoms. The van der Waals surface area contributed by atoms with Crippen LogP contribution in [0.1, 0.15) is 107 Å². The zero-order chi connectivity index (χ0) is 20.1. The number of hydrogen-bond donors (Lipinski definition) is 1. The minimum atomic E-state index is -3.38. The molecule has 0 aliphatic heterocycles. The predicted octanol–water partition coefficient (Wildman–Crippen LogP) is 6.48. The first-order valence-electron chi connectivity index (χ1n) is 12.1. The molecule has 3 aliphatic rings. The standard InChI is InChI=1S/C6H5NO3.3C6H11.Sn/c8-5-4(6(9)10)2-1-3-7-5;3*1-2-4-6-5-3-1;/h1-3H,(H,7,8)(H,9,10);3*1H,2-6H2;/q;;;;+1/p-1. The monoisotopic (exact) mass is 507 g/mol. The van der Waals surface area contributed by atoms with Crippen LogP contribution in [0.15, 0.2) is 23.1 Å². The van der Waals surface area contributed by atoms with Crippen molar-refractivity contribution in [1.29, 1.82) is 0 Å². The van der Waals surface area contributed by atoms with Crippen LogP contribution in [0.4, 0.5) is 0 Å². The minimum absolute atomic E-state index is 0.219. The molecule has 3 saturated carbocycles. The van der Waals surface area contributed by atoms with E-state index in [-0.39, 0.29) is 17.1 Å². The SMILES string of the molecule is O=C([O][Sn]([CH]1CCCCC1)([CH]1CCCCC1)[CH]1CCCCC1)c1ccc[nH]c1=O. The van der Waals surface area contributed by atoms with Crippen molar-refractivity contribution in [1.82, 2.24) is 4.98 Å². The number of nitrogens with one attached hydrogen (secondary N) is 1. The van der Waals surface area contributed by atoms with E-state index in [1.165, 1.54) is 96.3 Å². The summed E-state index contributed by atoms with van der Waals surface area (Å²) >= 11 is -3.38. The summed E-state index contributed by atoms with van der Waals surface area (Å²) in [6.07, 6.45) is 21.0. The molecular formula is C24H37NO3Sn. The van der Waals surface area contributed by atoms with Gasteiger partial charge in [0.05, 0.1) is 0 Å². The molecule has 1 N–H and O–H groups in total. The van der Waals surface area contributed by atoms with E-state index in [0.717, 1.165) is 0 Å². The Morgan fingerprint density at radius 3 is 1.66 bits per heavy atom. The number of H-pyrrole nitrogens is 1. The molecule has 4 nitrogen and oxygen atoms in total. The van der Waals surface area contributed by atoms with E-state index in [1.54, 1.807) is 18.3 Å². The Kier molecular flexibility index (Phi) is 7.41. The van der Waals surface area contributed by atoms with Crippen molar-refractivity contribution in [2.75, 3.05) is 0 Å². The fourth-order valence-electron chi connectivity index (χ4n) is 6.71. The predicted molar refractivity (Wildman–Crippen MR) is 119 cm³/mol. The van der Waals surface area contributed by atoms with Crippen LogP contribution in [0.2, 0.25) is 11.8 Å². The second-order valence-corrected chi connectivity index (χ2v) is 22.1. The molecule has 160 valence electrons. The van der Waals surface area contributed by atoms with Crippen LogP contribution in [-0.4, -0.2) is 29.7 Å². The van der Waals surface area contributed by atoms with Gasteiger partial charge in [0.25, 0.3) is 0 Å². The zero-order valence-electron chi connectivity index (χ0n) is 17.8. The number of carbonyl (C=O) groups is 1. The summed E-state index contributed by atoms with van der Waals surface area (Å²) in [7, 11) is 0. The molecule has 3 aliphatic carbocycles. The second kappa shape index (κ2) is 10.0. The molecule has 0 atom stereocenters. The van der Waals surface area contributed by atoms with Crippen molar-refractivity contribution in [2.24, 2.45) is 0 Å². The van der Waals surface area contributed by atoms with E-state index < -0.39 is 18.8 Å². The molecule has 1 heterocycles. The van der Waals surface area contributed by atoms with Gasteiger partial charge >= 0.3 is 180 Å². The molecule has 0 amide bonds. The topological polar surface area (TPSA) is 59.2 Å². The van der Waals surface area contributed by atoms with Crippen molar-refractivity contribution in [3.8, 4) is 0 Å². The summed E-state index contributed by atoms with van der Waals surface area (Å²) in [4.78, 5) is 28.4. The van der Waals surface area contributed by atoms with Gasteiger partial charge in [0.2, 0.25) is 0 Å². The summed E-state index contributed by atoms with van der Waals surface area (Å²) in [6, 6.07) is 3.40. The van der Waals surface area contributed by atoms with Crippen molar-refractivity contribution >= 4 is 24.8 Å². The van der Waals surface area contributed by atoms with Crippen molar-refractivity contribution in [3.63, 3.8) is 0 Å². The van der Waals surface area contributed by atoms with Gasteiger partial charge in [0.15, 0.2) is 0 Å². The molecule has 0 saturated heterocycles. The van der Waals surface area contributed by atoms with Crippen LogP contribution in [-0.2, 0) is 3.07 Å². The van der Waals surface area contributed by atoms with Gasteiger partial charge in [-0.1, -0.05) is 0 Å². The zero-order valence-corrected chi connectivity index (χ0v) is 20.6. The van der Waals surface area contributed by atoms with E-state index in [0.29, 0.717) is 11.8 Å². The van der Waals surface area contributed by atoms with Crippen LogP contribution in [0.5, 0.6) is 0 Å². The third kappa shape index (κ3) is 4.62. The molecule has 0 radical (unpaired) electrons. The van der Waals surface area contributed by atoms with E-state index in [9.17, 15) is 9.59 Å². The third-order valence-corrected chi connectivity index (χ3v) is 25.4. The molecule has 0 spiro atoms. The number of pyridine rings is 1. The summed E-state index contributed by atoms with van der Waals surface area (Å²) < 4.78 is 8.86. The van der Waals surface area contributed by atoms with E-state index in [4.69, 9.17) is 3.07 Å². The first-order valence-corrected chi connectivity index (χ1v) is 18.2. The van der Waals surface area contributed by atoms with Crippen LogP contribution in [0.25, 0.3) is 0 Å². The maximum absolute atomic E-state index is 13.4. The van der Waals surface area contributed by atoms with Gasteiger partial charge in [-0.15, -0.1) is 0 Å². The van der Waals surface area contributed by atoms with E-state index >= 15 is 0 Å². The van der Waals surface area contributed by atoms with E-state index in [2.05, 4.69) is 4.98 Å². The number of aromatic nitrogens is 1. The summed E-state index contributed by atoms with van der Waals surface area (Å²) in [5, 5.41) is 0.